The van der Waals surface area contributed by atoms with Gasteiger partial charge in [0.25, 0.3) is 0 Å². The molecular formula is C14H19N5. The fourth-order valence-corrected chi connectivity index (χ4v) is 2.64. The minimum absolute atomic E-state index is 0.515. The number of aromatic amines is 1. The number of H-pyrrole nitrogens is 1. The van der Waals surface area contributed by atoms with E-state index in [-0.39, 0.29) is 0 Å². The van der Waals surface area contributed by atoms with Gasteiger partial charge in [0, 0.05) is 30.0 Å². The van der Waals surface area contributed by atoms with Crippen molar-refractivity contribution in [1.82, 2.24) is 24.8 Å². The van der Waals surface area contributed by atoms with Crippen molar-refractivity contribution in [1.29, 1.82) is 0 Å². The Labute approximate surface area is 113 Å². The molecule has 0 aliphatic carbocycles. The normalized spacial score (nSPS) is 20.1. The Balaban J connectivity index is 1.96. The summed E-state index contributed by atoms with van der Waals surface area (Å²) < 4.78 is 0. The quantitative estimate of drug-likeness (QED) is 0.892. The number of hydrogen-bond acceptors (Lipinski definition) is 4. The Morgan fingerprint density at radius 3 is 2.79 bits per heavy atom. The van der Waals surface area contributed by atoms with Gasteiger partial charge in [-0.1, -0.05) is 0 Å². The predicted octanol–water partition coefficient (Wildman–Crippen LogP) is 1.90. The molecule has 1 N–H and O–H groups in total. The van der Waals surface area contributed by atoms with Crippen LogP contribution in [0.5, 0.6) is 0 Å². The molecule has 3 heterocycles. The van der Waals surface area contributed by atoms with Crippen LogP contribution in [0.4, 0.5) is 0 Å². The van der Waals surface area contributed by atoms with E-state index in [1.54, 1.807) is 0 Å². The van der Waals surface area contributed by atoms with Crippen molar-refractivity contribution in [3.63, 3.8) is 0 Å². The van der Waals surface area contributed by atoms with Gasteiger partial charge in [0.2, 0.25) is 0 Å². The monoisotopic (exact) mass is 257 g/mol. The van der Waals surface area contributed by atoms with Gasteiger partial charge in [-0.2, -0.15) is 0 Å². The highest BCUT2D eigenvalue weighted by Crippen LogP contribution is 2.26. The van der Waals surface area contributed by atoms with Crippen LogP contribution in [0.3, 0.4) is 0 Å². The van der Waals surface area contributed by atoms with Gasteiger partial charge in [-0.3, -0.25) is 0 Å². The minimum atomic E-state index is 0.515. The molecule has 0 saturated carbocycles. The van der Waals surface area contributed by atoms with Gasteiger partial charge in [0.1, 0.15) is 11.5 Å². The average molecular weight is 257 g/mol. The Hall–Kier alpha value is -1.75. The Morgan fingerprint density at radius 2 is 2.16 bits per heavy atom. The highest BCUT2D eigenvalue weighted by molar-refractivity contribution is 5.50. The van der Waals surface area contributed by atoms with Crippen LogP contribution in [0.15, 0.2) is 12.3 Å². The highest BCUT2D eigenvalue weighted by Gasteiger charge is 2.23. The van der Waals surface area contributed by atoms with Gasteiger partial charge in [-0.25, -0.2) is 15.0 Å². The zero-order valence-electron chi connectivity index (χ0n) is 11.6. The SMILES string of the molecule is Cc1nc(-c2ncc(C)[nH]2)cc([C@H]2CCN(C)C2)n1. The molecule has 0 spiro atoms. The maximum atomic E-state index is 4.60. The van der Waals surface area contributed by atoms with Crippen molar-refractivity contribution < 1.29 is 0 Å². The standard InChI is InChI=1S/C14H19N5/c1-9-7-15-14(16-9)13-6-12(17-10(2)18-13)11-4-5-19(3)8-11/h6-7,11H,4-5,8H2,1-3H3,(H,15,16)/t11-/m0/s1. The van der Waals surface area contributed by atoms with E-state index >= 15 is 0 Å². The molecular weight excluding hydrogens is 238 g/mol. The fourth-order valence-electron chi connectivity index (χ4n) is 2.64. The molecule has 0 aromatic carbocycles. The van der Waals surface area contributed by atoms with Crippen LogP contribution in [0.1, 0.15) is 29.6 Å². The molecule has 5 heteroatoms. The summed E-state index contributed by atoms with van der Waals surface area (Å²) in [5.41, 5.74) is 3.08. The number of aryl methyl sites for hydroxylation is 2. The van der Waals surface area contributed by atoms with E-state index in [1.807, 2.05) is 20.0 Å². The summed E-state index contributed by atoms with van der Waals surface area (Å²) >= 11 is 0. The lowest BCUT2D eigenvalue weighted by atomic mass is 10.0. The summed E-state index contributed by atoms with van der Waals surface area (Å²) in [6.07, 6.45) is 3.00. The van der Waals surface area contributed by atoms with E-state index in [1.165, 1.54) is 6.42 Å². The van der Waals surface area contributed by atoms with Crippen molar-refractivity contribution in [3.05, 3.63) is 29.5 Å². The average Bonchev–Trinajstić information content (AvgIpc) is 2.97. The van der Waals surface area contributed by atoms with E-state index in [4.69, 9.17) is 0 Å². The molecule has 2 aromatic rings. The third kappa shape index (κ3) is 2.51. The van der Waals surface area contributed by atoms with Crippen LogP contribution in [0.2, 0.25) is 0 Å². The fraction of sp³-hybridized carbons (Fsp3) is 0.500. The van der Waals surface area contributed by atoms with Crippen molar-refractivity contribution in [2.75, 3.05) is 20.1 Å². The molecule has 1 fully saturated rings. The highest BCUT2D eigenvalue weighted by atomic mass is 15.1. The van der Waals surface area contributed by atoms with Crippen LogP contribution in [0.25, 0.3) is 11.5 Å². The molecule has 1 saturated heterocycles. The zero-order chi connectivity index (χ0) is 13.4. The summed E-state index contributed by atoms with van der Waals surface area (Å²) in [5, 5.41) is 0. The number of aromatic nitrogens is 4. The van der Waals surface area contributed by atoms with Crippen molar-refractivity contribution in [2.24, 2.45) is 0 Å². The van der Waals surface area contributed by atoms with E-state index in [0.717, 1.165) is 41.8 Å². The maximum Gasteiger partial charge on any atom is 0.156 e. The number of hydrogen-bond donors (Lipinski definition) is 1. The molecule has 1 atom stereocenters. The first-order valence-corrected chi connectivity index (χ1v) is 6.68. The van der Waals surface area contributed by atoms with E-state index in [0.29, 0.717) is 5.92 Å². The number of imidazole rings is 1. The molecule has 0 bridgehead atoms. The molecule has 0 unspecified atom stereocenters. The Kier molecular flexibility index (Phi) is 3.06. The van der Waals surface area contributed by atoms with Gasteiger partial charge >= 0.3 is 0 Å². The number of likely N-dealkylation sites (tertiary alicyclic amines) is 1. The maximum absolute atomic E-state index is 4.60. The van der Waals surface area contributed by atoms with E-state index in [9.17, 15) is 0 Å². The van der Waals surface area contributed by atoms with Gasteiger partial charge < -0.3 is 9.88 Å². The number of nitrogens with zero attached hydrogens (tertiary/aromatic N) is 4. The van der Waals surface area contributed by atoms with Crippen molar-refractivity contribution in [2.45, 2.75) is 26.2 Å². The van der Waals surface area contributed by atoms with Crippen LogP contribution in [-0.2, 0) is 0 Å². The topological polar surface area (TPSA) is 57.7 Å². The molecule has 1 aliphatic heterocycles. The first kappa shape index (κ1) is 12.3. The van der Waals surface area contributed by atoms with Crippen LogP contribution < -0.4 is 0 Å². The summed E-state index contributed by atoms with van der Waals surface area (Å²) in [6.45, 7) is 6.16. The molecule has 3 rings (SSSR count). The summed E-state index contributed by atoms with van der Waals surface area (Å²) in [7, 11) is 2.16. The van der Waals surface area contributed by atoms with E-state index in [2.05, 4.69) is 37.9 Å². The molecule has 2 aromatic heterocycles. The lowest BCUT2D eigenvalue weighted by Gasteiger charge is -2.11. The summed E-state index contributed by atoms with van der Waals surface area (Å²) in [6, 6.07) is 2.08. The Morgan fingerprint density at radius 1 is 1.32 bits per heavy atom. The van der Waals surface area contributed by atoms with Gasteiger partial charge in [0.05, 0.1) is 0 Å². The first-order valence-electron chi connectivity index (χ1n) is 6.68. The molecule has 100 valence electrons. The van der Waals surface area contributed by atoms with Crippen molar-refractivity contribution >= 4 is 0 Å². The minimum Gasteiger partial charge on any atom is -0.341 e. The smallest absolute Gasteiger partial charge is 0.156 e. The molecule has 1 aliphatic rings. The zero-order valence-corrected chi connectivity index (χ0v) is 11.6. The second kappa shape index (κ2) is 4.74. The van der Waals surface area contributed by atoms with E-state index < -0.39 is 0 Å². The lowest BCUT2D eigenvalue weighted by Crippen LogP contribution is -2.14. The summed E-state index contributed by atoms with van der Waals surface area (Å²) in [5.74, 6) is 2.16. The van der Waals surface area contributed by atoms with Crippen LogP contribution in [-0.4, -0.2) is 45.0 Å². The van der Waals surface area contributed by atoms with Gasteiger partial charge in [-0.15, -0.1) is 0 Å². The molecule has 19 heavy (non-hydrogen) atoms. The third-order valence-electron chi connectivity index (χ3n) is 3.61. The number of likely N-dealkylation sites (N-methyl/N-ethyl adjacent to an activating group) is 1. The van der Waals surface area contributed by atoms with Gasteiger partial charge in [0.15, 0.2) is 5.82 Å². The molecule has 0 radical (unpaired) electrons. The van der Waals surface area contributed by atoms with Crippen molar-refractivity contribution in [3.8, 4) is 11.5 Å². The largest absolute Gasteiger partial charge is 0.341 e. The predicted molar refractivity (Wildman–Crippen MR) is 73.9 cm³/mol. The lowest BCUT2D eigenvalue weighted by molar-refractivity contribution is 0.410. The number of rotatable bonds is 2. The first-order chi connectivity index (χ1) is 9.11. The second-order valence-electron chi connectivity index (χ2n) is 5.39. The second-order valence-corrected chi connectivity index (χ2v) is 5.39. The summed E-state index contributed by atoms with van der Waals surface area (Å²) in [4.78, 5) is 19.0. The molecule has 5 nitrogen and oxygen atoms in total. The van der Waals surface area contributed by atoms with Crippen LogP contribution >= 0.6 is 0 Å². The third-order valence-corrected chi connectivity index (χ3v) is 3.61. The molecule has 0 amide bonds. The Bertz CT molecular complexity index is 589. The number of nitrogens with one attached hydrogen (secondary N) is 1. The van der Waals surface area contributed by atoms with Crippen LogP contribution in [0, 0.1) is 13.8 Å². The van der Waals surface area contributed by atoms with Gasteiger partial charge in [-0.05, 0) is 39.9 Å².